The maximum Gasteiger partial charge on any atom is 0.183 e. The van der Waals surface area contributed by atoms with Crippen LogP contribution in [0.4, 0.5) is 0 Å². The maximum absolute atomic E-state index is 12.8. The lowest BCUT2D eigenvalue weighted by molar-refractivity contribution is -0.113. The maximum atomic E-state index is 12.8. The summed E-state index contributed by atoms with van der Waals surface area (Å²) >= 11 is 2.80. The van der Waals surface area contributed by atoms with Gasteiger partial charge in [-0.15, -0.1) is 11.3 Å². The number of thiophene rings is 1. The van der Waals surface area contributed by atoms with Gasteiger partial charge in [-0.05, 0) is 51.1 Å². The highest BCUT2D eigenvalue weighted by molar-refractivity contribution is 8.00. The Balaban J connectivity index is 1.48. The van der Waals surface area contributed by atoms with Gasteiger partial charge in [-0.1, -0.05) is 11.8 Å². The number of rotatable bonds is 7. The molecule has 1 aliphatic rings. The summed E-state index contributed by atoms with van der Waals surface area (Å²) in [7, 11) is 1.62. The number of ketones is 1. The fourth-order valence-electron chi connectivity index (χ4n) is 3.52. The van der Waals surface area contributed by atoms with E-state index >= 15 is 0 Å². The lowest BCUT2D eigenvalue weighted by Crippen LogP contribution is -2.61. The molecule has 1 fully saturated rings. The zero-order chi connectivity index (χ0) is 21.5. The van der Waals surface area contributed by atoms with Crippen LogP contribution in [0.25, 0.3) is 10.9 Å². The first kappa shape index (κ1) is 21.2. The van der Waals surface area contributed by atoms with E-state index in [9.17, 15) is 9.90 Å². The van der Waals surface area contributed by atoms with Crippen LogP contribution in [0.15, 0.2) is 35.4 Å². The third-order valence-electron chi connectivity index (χ3n) is 5.32. The number of aliphatic hydroxyl groups is 1. The van der Waals surface area contributed by atoms with Crippen LogP contribution in [0.3, 0.4) is 0 Å². The van der Waals surface area contributed by atoms with Crippen molar-refractivity contribution in [3.05, 3.63) is 45.9 Å². The Morgan fingerprint density at radius 2 is 2.07 bits per heavy atom. The van der Waals surface area contributed by atoms with Gasteiger partial charge in [-0.2, -0.15) is 0 Å². The number of likely N-dealkylation sites (tertiary alicyclic amines) is 1. The zero-order valence-corrected chi connectivity index (χ0v) is 19.1. The number of fused-ring (bicyclic) bond motifs is 1. The molecule has 3 heterocycles. The van der Waals surface area contributed by atoms with Crippen LogP contribution in [0, 0.1) is 6.92 Å². The zero-order valence-electron chi connectivity index (χ0n) is 17.5. The van der Waals surface area contributed by atoms with Gasteiger partial charge in [0.1, 0.15) is 22.2 Å². The van der Waals surface area contributed by atoms with E-state index in [0.29, 0.717) is 29.8 Å². The molecule has 30 heavy (non-hydrogen) atoms. The summed E-state index contributed by atoms with van der Waals surface area (Å²) in [6.07, 6.45) is 0. The van der Waals surface area contributed by atoms with E-state index in [1.165, 1.54) is 23.1 Å². The smallest absolute Gasteiger partial charge is 0.183 e. The molecule has 0 spiro atoms. The van der Waals surface area contributed by atoms with Gasteiger partial charge in [0.15, 0.2) is 5.78 Å². The molecule has 4 rings (SSSR count). The van der Waals surface area contributed by atoms with Crippen LogP contribution >= 0.6 is 23.1 Å². The lowest BCUT2D eigenvalue weighted by atomic mass is 9.91. The number of nitrogens with zero attached hydrogens (tertiary/aromatic N) is 3. The van der Waals surface area contributed by atoms with Crippen LogP contribution < -0.4 is 4.74 Å². The first-order chi connectivity index (χ1) is 14.3. The first-order valence-corrected chi connectivity index (χ1v) is 11.6. The molecule has 1 aromatic carbocycles. The molecule has 3 aromatic rings. The Morgan fingerprint density at radius 1 is 1.30 bits per heavy atom. The molecule has 1 aliphatic heterocycles. The minimum absolute atomic E-state index is 0.0344. The summed E-state index contributed by atoms with van der Waals surface area (Å²) in [4.78, 5) is 25.6. The number of ether oxygens (including phenoxy) is 1. The Labute approximate surface area is 184 Å². The SMILES string of the molecule is COc1ccc2nc(C)nc(SCC(=O)c3ccc(C4(O)CN(C(C)C)C4)s3)c2c1. The second-order valence-corrected chi connectivity index (χ2v) is 9.91. The van der Waals surface area contributed by atoms with E-state index in [0.717, 1.165) is 26.6 Å². The minimum Gasteiger partial charge on any atom is -0.497 e. The average Bonchev–Trinajstić information content (AvgIpc) is 3.19. The minimum atomic E-state index is -0.836. The first-order valence-electron chi connectivity index (χ1n) is 9.84. The predicted molar refractivity (Wildman–Crippen MR) is 121 cm³/mol. The summed E-state index contributed by atoms with van der Waals surface area (Å²) in [5, 5.41) is 12.5. The fourth-order valence-corrected chi connectivity index (χ4v) is 5.56. The van der Waals surface area contributed by atoms with Crippen molar-refractivity contribution in [3.8, 4) is 5.75 Å². The van der Waals surface area contributed by atoms with E-state index in [2.05, 4.69) is 28.7 Å². The lowest BCUT2D eigenvalue weighted by Gasteiger charge is -2.48. The second-order valence-electron chi connectivity index (χ2n) is 7.87. The summed E-state index contributed by atoms with van der Waals surface area (Å²) in [5.74, 6) is 1.71. The van der Waals surface area contributed by atoms with Crippen molar-refractivity contribution in [3.63, 3.8) is 0 Å². The average molecular weight is 444 g/mol. The number of hydrogen-bond donors (Lipinski definition) is 1. The molecule has 0 radical (unpaired) electrons. The van der Waals surface area contributed by atoms with Crippen LogP contribution in [-0.4, -0.2) is 57.8 Å². The molecule has 158 valence electrons. The molecule has 0 saturated carbocycles. The number of benzene rings is 1. The number of methoxy groups -OCH3 is 1. The molecule has 0 aliphatic carbocycles. The molecule has 0 atom stereocenters. The van der Waals surface area contributed by atoms with E-state index in [1.807, 2.05) is 37.3 Å². The Kier molecular flexibility index (Phi) is 5.85. The monoisotopic (exact) mass is 443 g/mol. The van der Waals surface area contributed by atoms with Crippen molar-refractivity contribution < 1.29 is 14.6 Å². The summed E-state index contributed by atoms with van der Waals surface area (Å²) < 4.78 is 5.32. The fraction of sp³-hybridized carbons (Fsp3) is 0.409. The Morgan fingerprint density at radius 3 is 2.77 bits per heavy atom. The number of aromatic nitrogens is 2. The van der Waals surface area contributed by atoms with Gasteiger partial charge < -0.3 is 9.84 Å². The molecule has 1 saturated heterocycles. The summed E-state index contributed by atoms with van der Waals surface area (Å²) in [6.45, 7) is 7.31. The van der Waals surface area contributed by atoms with Crippen LogP contribution in [0.5, 0.6) is 5.75 Å². The van der Waals surface area contributed by atoms with Crippen molar-refractivity contribution in [1.29, 1.82) is 0 Å². The predicted octanol–water partition coefficient (Wildman–Crippen LogP) is 3.89. The molecule has 0 amide bonds. The van der Waals surface area contributed by atoms with E-state index in [1.54, 1.807) is 7.11 Å². The standard InChI is InChI=1S/C22H25N3O3S2/c1-13(2)25-11-22(27,12-25)20-8-7-19(30-20)18(26)10-29-21-16-9-15(28-4)5-6-17(16)23-14(3)24-21/h5-9,13,27H,10-12H2,1-4H3. The van der Waals surface area contributed by atoms with Gasteiger partial charge in [0, 0.05) is 29.4 Å². The summed E-state index contributed by atoms with van der Waals surface area (Å²) in [5.41, 5.74) is -0.00417. The topological polar surface area (TPSA) is 75.5 Å². The number of carbonyl (C=O) groups is 1. The number of Topliss-reactive ketones (excluding diaryl/α,β-unsaturated/α-hetero) is 1. The molecule has 8 heteroatoms. The molecule has 0 bridgehead atoms. The van der Waals surface area contributed by atoms with E-state index in [4.69, 9.17) is 4.74 Å². The molecule has 6 nitrogen and oxygen atoms in total. The van der Waals surface area contributed by atoms with Gasteiger partial charge in [-0.25, -0.2) is 9.97 Å². The highest BCUT2D eigenvalue weighted by atomic mass is 32.2. The van der Waals surface area contributed by atoms with Crippen molar-refractivity contribution in [1.82, 2.24) is 14.9 Å². The quantitative estimate of drug-likeness (QED) is 0.337. The van der Waals surface area contributed by atoms with Crippen LogP contribution in [0.1, 0.15) is 34.2 Å². The van der Waals surface area contributed by atoms with Crippen molar-refractivity contribution in [2.24, 2.45) is 0 Å². The van der Waals surface area contributed by atoms with Crippen molar-refractivity contribution in [2.75, 3.05) is 26.0 Å². The van der Waals surface area contributed by atoms with Crippen LogP contribution in [0.2, 0.25) is 0 Å². The second kappa shape index (κ2) is 8.26. The normalized spacial score (nSPS) is 16.1. The number of thioether (sulfide) groups is 1. The van der Waals surface area contributed by atoms with Gasteiger partial charge in [-0.3, -0.25) is 9.69 Å². The summed E-state index contributed by atoms with van der Waals surface area (Å²) in [6, 6.07) is 9.79. The van der Waals surface area contributed by atoms with Crippen molar-refractivity contribution in [2.45, 2.75) is 37.4 Å². The molecule has 2 aromatic heterocycles. The van der Waals surface area contributed by atoms with Gasteiger partial charge in [0.25, 0.3) is 0 Å². The molecule has 0 unspecified atom stereocenters. The number of hydrogen-bond acceptors (Lipinski definition) is 8. The Bertz CT molecular complexity index is 1090. The highest BCUT2D eigenvalue weighted by Gasteiger charge is 2.44. The molecule has 1 N–H and O–H groups in total. The number of carbonyl (C=O) groups excluding carboxylic acids is 1. The van der Waals surface area contributed by atoms with E-state index < -0.39 is 5.60 Å². The van der Waals surface area contributed by atoms with Crippen LogP contribution in [-0.2, 0) is 5.60 Å². The molecular weight excluding hydrogens is 418 g/mol. The van der Waals surface area contributed by atoms with E-state index in [-0.39, 0.29) is 11.5 Å². The Hall–Kier alpha value is -2.00. The van der Waals surface area contributed by atoms with Gasteiger partial charge >= 0.3 is 0 Å². The van der Waals surface area contributed by atoms with Gasteiger partial charge in [0.05, 0.1) is 23.3 Å². The third-order valence-corrected chi connectivity index (χ3v) is 7.63. The van der Waals surface area contributed by atoms with Crippen molar-refractivity contribution >= 4 is 39.8 Å². The highest BCUT2D eigenvalue weighted by Crippen LogP contribution is 2.37. The van der Waals surface area contributed by atoms with Gasteiger partial charge in [0.2, 0.25) is 0 Å². The largest absolute Gasteiger partial charge is 0.497 e. The molecular formula is C22H25N3O3S2. The third kappa shape index (κ3) is 4.09. The number of β-amino-alcohol motifs (C(OH)–C–C–N with tert-alkyl or cyclic N) is 1. The number of aryl methyl sites for hydroxylation is 1.